The summed E-state index contributed by atoms with van der Waals surface area (Å²) in [5, 5.41) is 0. The molecule has 0 bridgehead atoms. The molecule has 8 heteroatoms. The van der Waals surface area contributed by atoms with Gasteiger partial charge in [0.05, 0.1) is 16.3 Å². The lowest BCUT2D eigenvalue weighted by molar-refractivity contribution is -0.119. The second-order valence-electron chi connectivity index (χ2n) is 8.04. The topological polar surface area (TPSA) is 74.8 Å². The van der Waals surface area contributed by atoms with Crippen LogP contribution in [0.15, 0.2) is 39.7 Å². The maximum Gasteiger partial charge on any atom is 0.228 e. The van der Waals surface area contributed by atoms with E-state index in [1.807, 2.05) is 45.0 Å². The smallest absolute Gasteiger partial charge is 0.228 e. The monoisotopic (exact) mass is 520 g/mol. The summed E-state index contributed by atoms with van der Waals surface area (Å²) in [5.41, 5.74) is 4.27. The molecule has 2 aromatic carbocycles. The molecule has 0 radical (unpaired) electrons. The number of amides is 2. The van der Waals surface area contributed by atoms with Gasteiger partial charge in [-0.25, -0.2) is 8.42 Å². The molecule has 0 aromatic heterocycles. The fourth-order valence-corrected chi connectivity index (χ4v) is 6.17. The average Bonchev–Trinajstić information content (AvgIpc) is 3.17. The molecule has 0 aliphatic carbocycles. The number of aryl methyl sites for hydroxylation is 2. The van der Waals surface area contributed by atoms with E-state index in [0.29, 0.717) is 36.1 Å². The zero-order valence-corrected chi connectivity index (χ0v) is 21.3. The fraction of sp³-hybridized carbons (Fsp3) is 0.417. The first kappa shape index (κ1) is 24.5. The highest BCUT2D eigenvalue weighted by Crippen LogP contribution is 2.38. The number of benzene rings is 2. The Kier molecular flexibility index (Phi) is 7.45. The Morgan fingerprint density at radius 3 is 2.44 bits per heavy atom. The molecular weight excluding hydrogens is 492 g/mol. The molecule has 0 fully saturated rings. The van der Waals surface area contributed by atoms with Crippen molar-refractivity contribution in [2.24, 2.45) is 0 Å². The van der Waals surface area contributed by atoms with E-state index in [9.17, 15) is 18.0 Å². The van der Waals surface area contributed by atoms with Gasteiger partial charge < -0.3 is 9.80 Å². The van der Waals surface area contributed by atoms with Crippen LogP contribution in [0.4, 0.5) is 11.4 Å². The summed E-state index contributed by atoms with van der Waals surface area (Å²) in [6, 6.07) is 9.19. The summed E-state index contributed by atoms with van der Waals surface area (Å²) in [7, 11) is -3.79. The van der Waals surface area contributed by atoms with Crippen LogP contribution >= 0.6 is 15.9 Å². The molecule has 6 nitrogen and oxygen atoms in total. The van der Waals surface area contributed by atoms with Crippen LogP contribution in [-0.2, 0) is 25.8 Å². The van der Waals surface area contributed by atoms with E-state index in [-0.39, 0.29) is 28.9 Å². The number of anilines is 2. The molecule has 1 heterocycles. The normalized spacial score (nSPS) is 13.2. The van der Waals surface area contributed by atoms with Gasteiger partial charge >= 0.3 is 0 Å². The maximum atomic E-state index is 13.3. The molecule has 1 aliphatic heterocycles. The van der Waals surface area contributed by atoms with Gasteiger partial charge in [0.25, 0.3) is 0 Å². The van der Waals surface area contributed by atoms with Gasteiger partial charge in [0.2, 0.25) is 11.8 Å². The van der Waals surface area contributed by atoms with Crippen molar-refractivity contribution in [3.05, 3.63) is 51.5 Å². The molecule has 32 heavy (non-hydrogen) atoms. The number of hydrogen-bond donors (Lipinski definition) is 0. The first-order valence-electron chi connectivity index (χ1n) is 10.8. The second-order valence-corrected chi connectivity index (χ2v) is 11.0. The van der Waals surface area contributed by atoms with Gasteiger partial charge in [0, 0.05) is 36.1 Å². The summed E-state index contributed by atoms with van der Waals surface area (Å²) in [4.78, 5) is 28.6. The molecule has 3 rings (SSSR count). The summed E-state index contributed by atoms with van der Waals surface area (Å²) >= 11 is 3.40. The number of fused-ring (bicyclic) bond motifs is 1. The van der Waals surface area contributed by atoms with Gasteiger partial charge in [-0.1, -0.05) is 28.9 Å². The number of carbonyl (C=O) groups is 2. The van der Waals surface area contributed by atoms with Crippen LogP contribution < -0.4 is 9.80 Å². The van der Waals surface area contributed by atoms with E-state index in [2.05, 4.69) is 15.9 Å². The number of halogens is 1. The highest BCUT2D eigenvalue weighted by atomic mass is 79.9. The van der Waals surface area contributed by atoms with Crippen molar-refractivity contribution in [2.75, 3.05) is 28.6 Å². The number of sulfone groups is 1. The predicted molar refractivity (Wildman–Crippen MR) is 131 cm³/mol. The predicted octanol–water partition coefficient (Wildman–Crippen LogP) is 4.58. The number of hydrogen-bond acceptors (Lipinski definition) is 4. The largest absolute Gasteiger partial charge is 0.313 e. The Balaban J connectivity index is 1.86. The summed E-state index contributed by atoms with van der Waals surface area (Å²) in [6.07, 6.45) is 0.777. The third-order valence-electron chi connectivity index (χ3n) is 5.94. The van der Waals surface area contributed by atoms with Crippen molar-refractivity contribution in [3.63, 3.8) is 0 Å². The van der Waals surface area contributed by atoms with Gasteiger partial charge in [-0.2, -0.15) is 0 Å². The molecule has 172 valence electrons. The van der Waals surface area contributed by atoms with Crippen LogP contribution in [0.25, 0.3) is 0 Å². The molecule has 0 saturated heterocycles. The highest BCUT2D eigenvalue weighted by Gasteiger charge is 2.32. The van der Waals surface area contributed by atoms with Gasteiger partial charge in [-0.05, 0) is 68.1 Å². The standard InChI is InChI=1S/C24H29BrN2O4S/c1-5-22(28)27-11-9-18-14-19(25)15-21(24(18)27)32(30,31)12-10-23(29)26(6-2)20-8-7-16(3)17(4)13-20/h7-8,13-15H,5-6,9-12H2,1-4H3. The van der Waals surface area contributed by atoms with Gasteiger partial charge in [-0.3, -0.25) is 9.59 Å². The Morgan fingerprint density at radius 1 is 1.09 bits per heavy atom. The van der Waals surface area contributed by atoms with Crippen molar-refractivity contribution in [1.29, 1.82) is 0 Å². The Morgan fingerprint density at radius 2 is 1.81 bits per heavy atom. The van der Waals surface area contributed by atoms with Crippen molar-refractivity contribution in [3.8, 4) is 0 Å². The SMILES string of the molecule is CCC(=O)N1CCc2cc(Br)cc(S(=O)(=O)CCC(=O)N(CC)c3ccc(C)c(C)c3)c21. The van der Waals surface area contributed by atoms with E-state index in [4.69, 9.17) is 0 Å². The average molecular weight is 521 g/mol. The lowest BCUT2D eigenvalue weighted by Gasteiger charge is -2.23. The number of nitrogens with zero attached hydrogens (tertiary/aromatic N) is 2. The van der Waals surface area contributed by atoms with Crippen LogP contribution in [0.1, 0.15) is 43.4 Å². The lowest BCUT2D eigenvalue weighted by Crippen LogP contribution is -2.32. The fourth-order valence-electron chi connectivity index (χ4n) is 4.01. The first-order valence-corrected chi connectivity index (χ1v) is 13.3. The van der Waals surface area contributed by atoms with E-state index in [1.165, 1.54) is 0 Å². The molecule has 2 amide bonds. The van der Waals surface area contributed by atoms with Crippen molar-refractivity contribution in [2.45, 2.75) is 51.9 Å². The van der Waals surface area contributed by atoms with E-state index >= 15 is 0 Å². The minimum absolute atomic E-state index is 0.106. The Hall–Kier alpha value is -2.19. The van der Waals surface area contributed by atoms with Gasteiger partial charge in [-0.15, -0.1) is 0 Å². The van der Waals surface area contributed by atoms with E-state index in [1.54, 1.807) is 22.8 Å². The molecule has 0 saturated carbocycles. The van der Waals surface area contributed by atoms with E-state index in [0.717, 1.165) is 22.4 Å². The minimum Gasteiger partial charge on any atom is -0.313 e. The maximum absolute atomic E-state index is 13.3. The van der Waals surface area contributed by atoms with Crippen LogP contribution in [0.2, 0.25) is 0 Å². The molecule has 1 aliphatic rings. The van der Waals surface area contributed by atoms with Gasteiger partial charge in [0.15, 0.2) is 9.84 Å². The second kappa shape index (κ2) is 9.75. The molecule has 2 aromatic rings. The summed E-state index contributed by atoms with van der Waals surface area (Å²) in [5.74, 6) is -0.664. The molecular formula is C24H29BrN2O4S. The molecule has 0 unspecified atom stereocenters. The van der Waals surface area contributed by atoms with Crippen LogP contribution in [0.5, 0.6) is 0 Å². The van der Waals surface area contributed by atoms with Crippen LogP contribution in [-0.4, -0.2) is 39.1 Å². The van der Waals surface area contributed by atoms with Crippen molar-refractivity contribution >= 4 is 49.0 Å². The highest BCUT2D eigenvalue weighted by molar-refractivity contribution is 9.10. The zero-order chi connectivity index (χ0) is 23.6. The van der Waals surface area contributed by atoms with Crippen LogP contribution in [0.3, 0.4) is 0 Å². The van der Waals surface area contributed by atoms with Crippen molar-refractivity contribution in [1.82, 2.24) is 0 Å². The van der Waals surface area contributed by atoms with Crippen molar-refractivity contribution < 1.29 is 18.0 Å². The van der Waals surface area contributed by atoms with Crippen LogP contribution in [0, 0.1) is 13.8 Å². The summed E-state index contributed by atoms with van der Waals surface area (Å²) < 4.78 is 27.3. The third kappa shape index (κ3) is 4.91. The number of carbonyl (C=O) groups excluding carboxylic acids is 2. The molecule has 0 spiro atoms. The molecule has 0 atom stereocenters. The zero-order valence-electron chi connectivity index (χ0n) is 18.9. The Labute approximate surface area is 198 Å². The Bertz CT molecular complexity index is 1160. The minimum atomic E-state index is -3.79. The van der Waals surface area contributed by atoms with Gasteiger partial charge in [0.1, 0.15) is 0 Å². The number of rotatable bonds is 7. The third-order valence-corrected chi connectivity index (χ3v) is 8.12. The van der Waals surface area contributed by atoms with E-state index < -0.39 is 9.84 Å². The quantitative estimate of drug-likeness (QED) is 0.535. The first-order chi connectivity index (χ1) is 15.1. The molecule has 0 N–H and O–H groups in total. The summed E-state index contributed by atoms with van der Waals surface area (Å²) in [6.45, 7) is 8.55. The lowest BCUT2D eigenvalue weighted by atomic mass is 10.1.